The van der Waals surface area contributed by atoms with Crippen molar-refractivity contribution in [2.75, 3.05) is 0 Å². The average molecular weight is 302 g/mol. The third kappa shape index (κ3) is 2.73. The number of hydrogen-bond donors (Lipinski definition) is 1. The number of thiocarbonyl (C=S) groups is 1. The van der Waals surface area contributed by atoms with E-state index in [0.29, 0.717) is 23.1 Å². The maximum absolute atomic E-state index is 12.4. The first-order valence-electron chi connectivity index (χ1n) is 6.57. The zero-order chi connectivity index (χ0) is 14.8. The van der Waals surface area contributed by atoms with Crippen molar-refractivity contribution in [2.45, 2.75) is 20.0 Å². The molecule has 3 heterocycles. The summed E-state index contributed by atoms with van der Waals surface area (Å²) in [7, 11) is 0. The van der Waals surface area contributed by atoms with Gasteiger partial charge in [-0.3, -0.25) is 14.4 Å². The van der Waals surface area contributed by atoms with E-state index in [9.17, 15) is 4.79 Å². The molecular formula is C14H14N4O2S. The van der Waals surface area contributed by atoms with E-state index in [4.69, 9.17) is 16.6 Å². The summed E-state index contributed by atoms with van der Waals surface area (Å²) in [6, 6.07) is 5.44. The number of furan rings is 1. The van der Waals surface area contributed by atoms with Crippen LogP contribution >= 0.6 is 12.2 Å². The normalized spacial score (nSPS) is 16.8. The Morgan fingerprint density at radius 2 is 2.33 bits per heavy atom. The van der Waals surface area contributed by atoms with Gasteiger partial charge in [-0.2, -0.15) is 5.10 Å². The van der Waals surface area contributed by atoms with Crippen molar-refractivity contribution >= 4 is 29.3 Å². The molecule has 1 aliphatic rings. The van der Waals surface area contributed by atoms with Crippen molar-refractivity contribution in [1.29, 1.82) is 0 Å². The van der Waals surface area contributed by atoms with Crippen LogP contribution < -0.4 is 5.32 Å². The molecule has 1 fully saturated rings. The molecule has 3 rings (SSSR count). The van der Waals surface area contributed by atoms with Crippen LogP contribution in [0.15, 0.2) is 40.8 Å². The van der Waals surface area contributed by atoms with Gasteiger partial charge < -0.3 is 9.73 Å². The fraction of sp³-hybridized carbons (Fsp3) is 0.214. The first-order valence-corrected chi connectivity index (χ1v) is 6.98. The van der Waals surface area contributed by atoms with E-state index in [-0.39, 0.29) is 5.91 Å². The van der Waals surface area contributed by atoms with Gasteiger partial charge in [-0.1, -0.05) is 0 Å². The third-order valence-electron chi connectivity index (χ3n) is 3.13. The minimum atomic E-state index is -0.178. The average Bonchev–Trinajstić information content (AvgIpc) is 3.18. The second kappa shape index (κ2) is 5.53. The van der Waals surface area contributed by atoms with E-state index in [0.717, 1.165) is 12.2 Å². The summed E-state index contributed by atoms with van der Waals surface area (Å²) in [6.07, 6.45) is 5.13. The van der Waals surface area contributed by atoms with E-state index in [1.165, 1.54) is 4.90 Å². The number of carbonyl (C=O) groups is 1. The molecular weight excluding hydrogens is 288 g/mol. The number of nitrogens with zero attached hydrogens (tertiary/aromatic N) is 3. The van der Waals surface area contributed by atoms with Gasteiger partial charge in [-0.15, -0.1) is 0 Å². The SMILES string of the molecule is CCn1ccc(/C=C2/NC(=S)N(Cc3ccco3)C2=O)n1. The lowest BCUT2D eigenvalue weighted by molar-refractivity contribution is -0.122. The molecule has 0 aromatic carbocycles. The highest BCUT2D eigenvalue weighted by Crippen LogP contribution is 2.16. The van der Waals surface area contributed by atoms with Gasteiger partial charge in [-0.25, -0.2) is 0 Å². The van der Waals surface area contributed by atoms with E-state index in [1.54, 1.807) is 29.2 Å². The molecule has 2 aromatic heterocycles. The molecule has 0 aliphatic carbocycles. The van der Waals surface area contributed by atoms with E-state index >= 15 is 0 Å². The van der Waals surface area contributed by atoms with Gasteiger partial charge in [-0.05, 0) is 43.4 Å². The molecule has 1 amide bonds. The Balaban J connectivity index is 1.79. The van der Waals surface area contributed by atoms with Crippen LogP contribution in [0.3, 0.4) is 0 Å². The topological polar surface area (TPSA) is 63.3 Å². The minimum Gasteiger partial charge on any atom is -0.467 e. The minimum absolute atomic E-state index is 0.178. The lowest BCUT2D eigenvalue weighted by atomic mass is 10.3. The molecule has 0 unspecified atom stereocenters. The number of hydrogen-bond acceptors (Lipinski definition) is 4. The molecule has 0 spiro atoms. The van der Waals surface area contributed by atoms with E-state index in [2.05, 4.69) is 10.4 Å². The molecule has 2 aromatic rings. The summed E-state index contributed by atoms with van der Waals surface area (Å²) < 4.78 is 7.04. The van der Waals surface area contributed by atoms with Gasteiger partial charge in [0.15, 0.2) is 5.11 Å². The number of amides is 1. The van der Waals surface area contributed by atoms with Crippen LogP contribution in [0.2, 0.25) is 0 Å². The number of nitrogens with one attached hydrogen (secondary N) is 1. The zero-order valence-electron chi connectivity index (χ0n) is 11.4. The van der Waals surface area contributed by atoms with Gasteiger partial charge in [0, 0.05) is 12.7 Å². The Kier molecular flexibility index (Phi) is 3.57. The largest absolute Gasteiger partial charge is 0.467 e. The maximum Gasteiger partial charge on any atom is 0.277 e. The van der Waals surface area contributed by atoms with Crippen LogP contribution in [0.5, 0.6) is 0 Å². The Morgan fingerprint density at radius 3 is 3.00 bits per heavy atom. The lowest BCUT2D eigenvalue weighted by Gasteiger charge is -2.11. The van der Waals surface area contributed by atoms with Crippen molar-refractivity contribution in [2.24, 2.45) is 0 Å². The Bertz CT molecular complexity index is 702. The standard InChI is InChI=1S/C14H14N4O2S/c1-2-17-6-5-10(16-17)8-12-13(19)18(14(21)15-12)9-11-4-3-7-20-11/h3-8H,2,9H2,1H3,(H,15,21)/b12-8+. The molecule has 0 bridgehead atoms. The summed E-state index contributed by atoms with van der Waals surface area (Å²) in [5, 5.41) is 7.61. The van der Waals surface area contributed by atoms with Crippen LogP contribution in [0, 0.1) is 0 Å². The monoisotopic (exact) mass is 302 g/mol. The zero-order valence-corrected chi connectivity index (χ0v) is 12.3. The molecule has 7 heteroatoms. The first-order chi connectivity index (χ1) is 10.2. The van der Waals surface area contributed by atoms with Gasteiger partial charge in [0.25, 0.3) is 5.91 Å². The van der Waals surface area contributed by atoms with E-state index < -0.39 is 0 Å². The molecule has 21 heavy (non-hydrogen) atoms. The highest BCUT2D eigenvalue weighted by atomic mass is 32.1. The van der Waals surface area contributed by atoms with Crippen LogP contribution in [-0.4, -0.2) is 25.7 Å². The highest BCUT2D eigenvalue weighted by molar-refractivity contribution is 7.80. The summed E-state index contributed by atoms with van der Waals surface area (Å²) in [4.78, 5) is 13.8. The number of aryl methyl sites for hydroxylation is 1. The number of aromatic nitrogens is 2. The van der Waals surface area contributed by atoms with Crippen molar-refractivity contribution in [3.05, 3.63) is 47.8 Å². The fourth-order valence-electron chi connectivity index (χ4n) is 2.05. The summed E-state index contributed by atoms with van der Waals surface area (Å²) in [5.41, 5.74) is 1.14. The summed E-state index contributed by atoms with van der Waals surface area (Å²) in [6.45, 7) is 3.11. The predicted molar refractivity (Wildman–Crippen MR) is 80.9 cm³/mol. The Labute approximate surface area is 127 Å². The Hall–Kier alpha value is -2.41. The van der Waals surface area contributed by atoms with Gasteiger partial charge >= 0.3 is 0 Å². The van der Waals surface area contributed by atoms with Gasteiger partial charge in [0.05, 0.1) is 18.5 Å². The summed E-state index contributed by atoms with van der Waals surface area (Å²) in [5.74, 6) is 0.506. The van der Waals surface area contributed by atoms with E-state index in [1.807, 2.05) is 19.2 Å². The second-order valence-corrected chi connectivity index (χ2v) is 4.94. The smallest absolute Gasteiger partial charge is 0.277 e. The molecule has 0 saturated carbocycles. The molecule has 0 atom stereocenters. The number of rotatable bonds is 4. The van der Waals surface area contributed by atoms with Gasteiger partial charge in [0.1, 0.15) is 11.5 Å². The quantitative estimate of drug-likeness (QED) is 0.688. The first kappa shape index (κ1) is 13.6. The van der Waals surface area contributed by atoms with Crippen molar-refractivity contribution < 1.29 is 9.21 Å². The fourth-order valence-corrected chi connectivity index (χ4v) is 2.31. The molecule has 108 valence electrons. The second-order valence-electron chi connectivity index (χ2n) is 4.56. The predicted octanol–water partition coefficient (Wildman–Crippen LogP) is 1.75. The number of carbonyl (C=O) groups excluding carboxylic acids is 1. The molecule has 1 N–H and O–H groups in total. The van der Waals surface area contributed by atoms with Crippen molar-refractivity contribution in [1.82, 2.24) is 20.0 Å². The molecule has 1 saturated heterocycles. The third-order valence-corrected chi connectivity index (χ3v) is 3.46. The van der Waals surface area contributed by atoms with Crippen LogP contribution in [-0.2, 0) is 17.9 Å². The molecule has 0 radical (unpaired) electrons. The highest BCUT2D eigenvalue weighted by Gasteiger charge is 2.31. The van der Waals surface area contributed by atoms with Crippen molar-refractivity contribution in [3.8, 4) is 0 Å². The van der Waals surface area contributed by atoms with Crippen molar-refractivity contribution in [3.63, 3.8) is 0 Å². The van der Waals surface area contributed by atoms with Crippen LogP contribution in [0.1, 0.15) is 18.4 Å². The molecule has 1 aliphatic heterocycles. The van der Waals surface area contributed by atoms with Crippen LogP contribution in [0.25, 0.3) is 6.08 Å². The summed E-state index contributed by atoms with van der Waals surface area (Å²) >= 11 is 5.20. The maximum atomic E-state index is 12.4. The van der Waals surface area contributed by atoms with Gasteiger partial charge in [0.2, 0.25) is 0 Å². The van der Waals surface area contributed by atoms with Crippen LogP contribution in [0.4, 0.5) is 0 Å². The Morgan fingerprint density at radius 1 is 1.48 bits per heavy atom. The lowest BCUT2D eigenvalue weighted by Crippen LogP contribution is -2.29. The molecule has 6 nitrogen and oxygen atoms in total.